The first-order chi connectivity index (χ1) is 7.61. The van der Waals surface area contributed by atoms with Gasteiger partial charge in [-0.05, 0) is 22.0 Å². The molecule has 16 heavy (non-hydrogen) atoms. The Morgan fingerprint density at radius 3 is 2.75 bits per heavy atom. The van der Waals surface area contributed by atoms with E-state index < -0.39 is 5.82 Å². The number of ether oxygens (including phenoxy) is 1. The van der Waals surface area contributed by atoms with Crippen LogP contribution >= 0.6 is 15.9 Å². The molecule has 2 N–H and O–H groups in total. The molecule has 2 rings (SSSR count). The Morgan fingerprint density at radius 2 is 2.19 bits per heavy atom. The smallest absolute Gasteiger partial charge is 0.222 e. The summed E-state index contributed by atoms with van der Waals surface area (Å²) < 4.78 is 23.6. The molecule has 2 aromatic rings. The van der Waals surface area contributed by atoms with Crippen molar-refractivity contribution >= 4 is 21.8 Å². The summed E-state index contributed by atoms with van der Waals surface area (Å²) in [7, 11) is 1.46. The van der Waals surface area contributed by atoms with E-state index in [9.17, 15) is 4.39 Å². The number of aromatic nitrogens is 1. The fourth-order valence-electron chi connectivity index (χ4n) is 1.32. The number of hydrogen-bond acceptors (Lipinski definition) is 4. The van der Waals surface area contributed by atoms with Gasteiger partial charge in [0.15, 0.2) is 0 Å². The van der Waals surface area contributed by atoms with E-state index >= 15 is 0 Å². The second-order valence-electron chi connectivity index (χ2n) is 3.08. The van der Waals surface area contributed by atoms with Crippen LogP contribution in [0.5, 0.6) is 5.75 Å². The molecule has 1 aromatic heterocycles. The molecule has 0 aliphatic carbocycles. The Bertz CT molecular complexity index is 528. The van der Waals surface area contributed by atoms with E-state index in [4.69, 9.17) is 15.0 Å². The van der Waals surface area contributed by atoms with Crippen molar-refractivity contribution in [3.8, 4) is 17.0 Å². The Kier molecular flexibility index (Phi) is 2.82. The minimum absolute atomic E-state index is 0.171. The quantitative estimate of drug-likeness (QED) is 0.922. The van der Waals surface area contributed by atoms with Crippen molar-refractivity contribution in [3.63, 3.8) is 0 Å². The van der Waals surface area contributed by atoms with Gasteiger partial charge in [-0.1, -0.05) is 5.16 Å². The molecule has 0 bridgehead atoms. The highest BCUT2D eigenvalue weighted by Gasteiger charge is 2.14. The Labute approximate surface area is 99.3 Å². The highest BCUT2D eigenvalue weighted by atomic mass is 79.9. The number of halogens is 2. The van der Waals surface area contributed by atoms with E-state index in [-0.39, 0.29) is 5.88 Å². The average Bonchev–Trinajstić information content (AvgIpc) is 2.67. The van der Waals surface area contributed by atoms with Crippen LogP contribution in [0, 0.1) is 5.82 Å². The average molecular weight is 287 g/mol. The second-order valence-corrected chi connectivity index (χ2v) is 3.88. The van der Waals surface area contributed by atoms with Crippen LogP contribution in [0.1, 0.15) is 0 Å². The molecule has 1 heterocycles. The molecule has 0 saturated heterocycles. The number of nitrogens with two attached hydrogens (primary N) is 1. The number of nitrogen functional groups attached to an aromatic ring is 1. The van der Waals surface area contributed by atoms with E-state index in [1.54, 1.807) is 0 Å². The topological polar surface area (TPSA) is 61.3 Å². The van der Waals surface area contributed by atoms with E-state index in [1.807, 2.05) is 0 Å². The van der Waals surface area contributed by atoms with E-state index in [0.29, 0.717) is 21.5 Å². The van der Waals surface area contributed by atoms with E-state index in [0.717, 1.165) is 0 Å². The van der Waals surface area contributed by atoms with Crippen molar-refractivity contribution in [1.82, 2.24) is 5.16 Å². The molecule has 0 amide bonds. The molecule has 6 heteroatoms. The predicted octanol–water partition coefficient (Wildman–Crippen LogP) is 2.83. The highest BCUT2D eigenvalue weighted by molar-refractivity contribution is 9.10. The molecule has 0 fully saturated rings. The monoisotopic (exact) mass is 286 g/mol. The molecule has 84 valence electrons. The molecule has 0 atom stereocenters. The Balaban J connectivity index is 2.60. The fourth-order valence-corrected chi connectivity index (χ4v) is 1.91. The molecular formula is C10H8BrFN2O2. The van der Waals surface area contributed by atoms with Crippen LogP contribution in [-0.2, 0) is 0 Å². The van der Waals surface area contributed by atoms with Crippen LogP contribution in [0.15, 0.2) is 27.2 Å². The summed E-state index contributed by atoms with van der Waals surface area (Å²) in [6, 6.07) is 4.11. The minimum Gasteiger partial charge on any atom is -0.495 e. The van der Waals surface area contributed by atoms with Gasteiger partial charge in [0.1, 0.15) is 17.3 Å². The molecule has 0 radical (unpaired) electrons. The minimum atomic E-state index is -0.420. The third-order valence-corrected chi connectivity index (χ3v) is 2.85. The molecule has 0 aliphatic rings. The highest BCUT2D eigenvalue weighted by Crippen LogP contribution is 2.36. The van der Waals surface area contributed by atoms with Gasteiger partial charge in [-0.2, -0.15) is 0 Å². The Morgan fingerprint density at radius 1 is 1.44 bits per heavy atom. The summed E-state index contributed by atoms with van der Waals surface area (Å²) in [5.74, 6) is 0.137. The molecule has 4 nitrogen and oxygen atoms in total. The van der Waals surface area contributed by atoms with E-state index in [1.165, 1.54) is 25.3 Å². The van der Waals surface area contributed by atoms with Gasteiger partial charge in [0.05, 0.1) is 11.6 Å². The number of rotatable bonds is 2. The fraction of sp³-hybridized carbons (Fsp3) is 0.100. The summed E-state index contributed by atoms with van der Waals surface area (Å²) in [4.78, 5) is 0. The summed E-state index contributed by atoms with van der Waals surface area (Å²) in [5, 5.41) is 3.71. The third-order valence-electron chi connectivity index (χ3n) is 2.03. The van der Waals surface area contributed by atoms with Gasteiger partial charge in [-0.15, -0.1) is 0 Å². The zero-order valence-electron chi connectivity index (χ0n) is 8.33. The van der Waals surface area contributed by atoms with Gasteiger partial charge in [0.25, 0.3) is 0 Å². The molecule has 0 aliphatic heterocycles. The lowest BCUT2D eigenvalue weighted by Gasteiger charge is -2.06. The zero-order valence-corrected chi connectivity index (χ0v) is 9.92. The first-order valence-electron chi connectivity index (χ1n) is 4.37. The molecule has 1 aromatic carbocycles. The van der Waals surface area contributed by atoms with Gasteiger partial charge in [0, 0.05) is 17.7 Å². The number of methoxy groups -OCH3 is 1. The standard InChI is InChI=1S/C10H8BrFN2O2/c1-15-8-3-5(12)2-6(10(8)11)7-4-9(13)16-14-7/h2-4H,13H2,1H3. The largest absolute Gasteiger partial charge is 0.495 e. The van der Waals surface area contributed by atoms with Crippen molar-refractivity contribution in [1.29, 1.82) is 0 Å². The van der Waals surface area contributed by atoms with Crippen LogP contribution < -0.4 is 10.5 Å². The van der Waals surface area contributed by atoms with Crippen molar-refractivity contribution in [2.75, 3.05) is 12.8 Å². The van der Waals surface area contributed by atoms with Crippen molar-refractivity contribution in [2.24, 2.45) is 0 Å². The Hall–Kier alpha value is -1.56. The summed E-state index contributed by atoms with van der Waals surface area (Å²) in [6.07, 6.45) is 0. The molecular weight excluding hydrogens is 279 g/mol. The lowest BCUT2D eigenvalue weighted by atomic mass is 10.1. The van der Waals surface area contributed by atoms with Crippen LogP contribution in [0.4, 0.5) is 10.3 Å². The first-order valence-corrected chi connectivity index (χ1v) is 5.16. The van der Waals surface area contributed by atoms with Gasteiger partial charge < -0.3 is 15.0 Å². The van der Waals surface area contributed by atoms with Crippen molar-refractivity contribution in [3.05, 3.63) is 28.5 Å². The summed E-state index contributed by atoms with van der Waals surface area (Å²) in [5.41, 5.74) is 6.38. The maximum Gasteiger partial charge on any atom is 0.222 e. The second kappa shape index (κ2) is 4.13. The van der Waals surface area contributed by atoms with E-state index in [2.05, 4.69) is 21.1 Å². The van der Waals surface area contributed by atoms with Gasteiger partial charge in [-0.3, -0.25) is 0 Å². The van der Waals surface area contributed by atoms with Crippen molar-refractivity contribution in [2.45, 2.75) is 0 Å². The molecule has 0 spiro atoms. The SMILES string of the molecule is COc1cc(F)cc(-c2cc(N)on2)c1Br. The van der Waals surface area contributed by atoms with Crippen LogP contribution in [0.3, 0.4) is 0 Å². The number of nitrogens with zero attached hydrogens (tertiary/aromatic N) is 1. The lowest BCUT2D eigenvalue weighted by Crippen LogP contribution is -1.90. The van der Waals surface area contributed by atoms with Gasteiger partial charge in [-0.25, -0.2) is 4.39 Å². The summed E-state index contributed by atoms with van der Waals surface area (Å²) in [6.45, 7) is 0. The normalized spacial score (nSPS) is 10.4. The zero-order chi connectivity index (χ0) is 11.7. The van der Waals surface area contributed by atoms with Gasteiger partial charge in [0.2, 0.25) is 5.88 Å². The maximum atomic E-state index is 13.3. The lowest BCUT2D eigenvalue weighted by molar-refractivity contribution is 0.408. The van der Waals surface area contributed by atoms with Crippen LogP contribution in [0.25, 0.3) is 11.3 Å². The van der Waals surface area contributed by atoms with Crippen LogP contribution in [-0.4, -0.2) is 12.3 Å². The number of hydrogen-bond donors (Lipinski definition) is 1. The maximum absolute atomic E-state index is 13.3. The van der Waals surface area contributed by atoms with Gasteiger partial charge >= 0.3 is 0 Å². The number of anilines is 1. The molecule has 0 saturated carbocycles. The molecule has 0 unspecified atom stereocenters. The third kappa shape index (κ3) is 1.88. The van der Waals surface area contributed by atoms with Crippen LogP contribution in [0.2, 0.25) is 0 Å². The first kappa shape index (κ1) is 10.9. The van der Waals surface area contributed by atoms with Crippen molar-refractivity contribution < 1.29 is 13.7 Å². The summed E-state index contributed by atoms with van der Waals surface area (Å²) >= 11 is 3.31. The number of benzene rings is 1. The predicted molar refractivity (Wildman–Crippen MR) is 60.6 cm³/mol.